The van der Waals surface area contributed by atoms with Crippen molar-refractivity contribution < 1.29 is 13.2 Å². The lowest BCUT2D eigenvalue weighted by atomic mass is 10.2. The first kappa shape index (κ1) is 15.8. The molecular weight excluding hydrogens is 298 g/mol. The van der Waals surface area contributed by atoms with Gasteiger partial charge in [-0.3, -0.25) is 0 Å². The minimum absolute atomic E-state index is 0.0202. The predicted molar refractivity (Wildman–Crippen MR) is 79.4 cm³/mol. The van der Waals surface area contributed by atoms with Crippen LogP contribution in [0.2, 0.25) is 0 Å². The summed E-state index contributed by atoms with van der Waals surface area (Å²) in [5.41, 5.74) is 0.910. The van der Waals surface area contributed by atoms with Gasteiger partial charge in [-0.25, -0.2) is 8.42 Å². The maximum Gasteiger partial charge on any atom is 0.243 e. The highest BCUT2D eigenvalue weighted by atomic mass is 35.5. The summed E-state index contributed by atoms with van der Waals surface area (Å²) in [5.74, 6) is 0.383. The number of likely N-dealkylation sites (N-methyl/N-ethyl adjacent to an activating group) is 1. The molecule has 1 saturated heterocycles. The molecule has 1 aromatic rings. The zero-order chi connectivity index (χ0) is 14.6. The van der Waals surface area contributed by atoms with Gasteiger partial charge in [-0.05, 0) is 30.5 Å². The van der Waals surface area contributed by atoms with E-state index in [1.165, 1.54) is 4.31 Å². The van der Waals surface area contributed by atoms with Crippen LogP contribution < -0.4 is 0 Å². The van der Waals surface area contributed by atoms with E-state index in [1.807, 2.05) is 6.92 Å². The Morgan fingerprint density at radius 2 is 2.05 bits per heavy atom. The van der Waals surface area contributed by atoms with Crippen molar-refractivity contribution in [2.75, 3.05) is 19.7 Å². The van der Waals surface area contributed by atoms with Crippen molar-refractivity contribution >= 4 is 21.6 Å². The Bertz CT molecular complexity index is 524. The Morgan fingerprint density at radius 1 is 1.35 bits per heavy atom. The smallest absolute Gasteiger partial charge is 0.243 e. The number of rotatable bonds is 6. The molecule has 0 radical (unpaired) electrons. The van der Waals surface area contributed by atoms with Gasteiger partial charge in [0.15, 0.2) is 0 Å². The molecule has 4 nitrogen and oxygen atoms in total. The fourth-order valence-electron chi connectivity index (χ4n) is 2.31. The third-order valence-electron chi connectivity index (χ3n) is 3.50. The average molecular weight is 318 g/mol. The van der Waals surface area contributed by atoms with E-state index in [-0.39, 0.29) is 6.10 Å². The van der Waals surface area contributed by atoms with Crippen LogP contribution in [0.3, 0.4) is 0 Å². The first-order chi connectivity index (χ1) is 9.57. The zero-order valence-electron chi connectivity index (χ0n) is 11.6. The van der Waals surface area contributed by atoms with E-state index >= 15 is 0 Å². The predicted octanol–water partition coefficient (Wildman–Crippen LogP) is 2.62. The van der Waals surface area contributed by atoms with E-state index in [1.54, 1.807) is 24.3 Å². The SMILES string of the molecule is CCN(CC1CCCO1)S(=O)(=O)c1ccc(CCl)cc1. The van der Waals surface area contributed by atoms with Crippen LogP contribution in [0.5, 0.6) is 0 Å². The molecule has 1 aliphatic heterocycles. The molecule has 1 unspecified atom stereocenters. The van der Waals surface area contributed by atoms with Crippen molar-refractivity contribution in [2.24, 2.45) is 0 Å². The third kappa shape index (κ3) is 3.52. The summed E-state index contributed by atoms with van der Waals surface area (Å²) >= 11 is 5.72. The van der Waals surface area contributed by atoms with Gasteiger partial charge in [-0.15, -0.1) is 11.6 Å². The lowest BCUT2D eigenvalue weighted by molar-refractivity contribution is 0.0947. The first-order valence-corrected chi connectivity index (χ1v) is 8.82. The van der Waals surface area contributed by atoms with Crippen molar-refractivity contribution in [3.63, 3.8) is 0 Å². The fourth-order valence-corrected chi connectivity index (χ4v) is 3.97. The molecule has 6 heteroatoms. The molecular formula is C14H20ClNO3S. The van der Waals surface area contributed by atoms with E-state index in [2.05, 4.69) is 0 Å². The van der Waals surface area contributed by atoms with Crippen LogP contribution in [-0.4, -0.2) is 38.5 Å². The number of ether oxygens (including phenoxy) is 1. The molecule has 0 spiro atoms. The molecule has 20 heavy (non-hydrogen) atoms. The monoisotopic (exact) mass is 317 g/mol. The molecule has 1 aromatic carbocycles. The van der Waals surface area contributed by atoms with Crippen molar-refractivity contribution in [1.29, 1.82) is 0 Å². The lowest BCUT2D eigenvalue weighted by Gasteiger charge is -2.23. The van der Waals surface area contributed by atoms with Gasteiger partial charge in [-0.1, -0.05) is 19.1 Å². The largest absolute Gasteiger partial charge is 0.377 e. The molecule has 1 atom stereocenters. The van der Waals surface area contributed by atoms with Crippen LogP contribution in [0.15, 0.2) is 29.2 Å². The standard InChI is InChI=1S/C14H20ClNO3S/c1-2-16(11-13-4-3-9-19-13)20(17,18)14-7-5-12(10-15)6-8-14/h5-8,13H,2-4,9-11H2,1H3. The van der Waals surface area contributed by atoms with E-state index in [0.29, 0.717) is 23.9 Å². The lowest BCUT2D eigenvalue weighted by Crippen LogP contribution is -2.37. The number of hydrogen-bond donors (Lipinski definition) is 0. The highest BCUT2D eigenvalue weighted by Gasteiger charge is 2.27. The fraction of sp³-hybridized carbons (Fsp3) is 0.571. The molecule has 1 aliphatic rings. The summed E-state index contributed by atoms with van der Waals surface area (Å²) < 4.78 is 32.2. The number of alkyl halides is 1. The average Bonchev–Trinajstić information content (AvgIpc) is 2.97. The van der Waals surface area contributed by atoms with Crippen LogP contribution in [0, 0.1) is 0 Å². The van der Waals surface area contributed by atoms with E-state index < -0.39 is 10.0 Å². The Labute approximate surface area is 125 Å². The highest BCUT2D eigenvalue weighted by Crippen LogP contribution is 2.20. The molecule has 0 aliphatic carbocycles. The van der Waals surface area contributed by atoms with Crippen LogP contribution in [0.4, 0.5) is 0 Å². The molecule has 0 aromatic heterocycles. The Kier molecular flexibility index (Phi) is 5.43. The summed E-state index contributed by atoms with van der Waals surface area (Å²) in [6.45, 7) is 3.45. The minimum atomic E-state index is -3.45. The summed E-state index contributed by atoms with van der Waals surface area (Å²) in [6, 6.07) is 6.73. The van der Waals surface area contributed by atoms with Gasteiger partial charge in [0.1, 0.15) is 0 Å². The molecule has 112 valence electrons. The van der Waals surface area contributed by atoms with Gasteiger partial charge >= 0.3 is 0 Å². The van der Waals surface area contributed by atoms with Crippen LogP contribution in [0.1, 0.15) is 25.3 Å². The van der Waals surface area contributed by atoms with E-state index in [0.717, 1.165) is 25.0 Å². The maximum atomic E-state index is 12.6. The van der Waals surface area contributed by atoms with Gasteiger partial charge in [0.25, 0.3) is 0 Å². The number of nitrogens with zero attached hydrogens (tertiary/aromatic N) is 1. The van der Waals surface area contributed by atoms with Gasteiger partial charge in [0, 0.05) is 25.6 Å². The summed E-state index contributed by atoms with van der Waals surface area (Å²) in [4.78, 5) is 0.311. The van der Waals surface area contributed by atoms with E-state index in [4.69, 9.17) is 16.3 Å². The molecule has 0 amide bonds. The Morgan fingerprint density at radius 3 is 2.55 bits per heavy atom. The second-order valence-electron chi connectivity index (χ2n) is 4.87. The summed E-state index contributed by atoms with van der Waals surface area (Å²) in [6.07, 6.45) is 1.95. The number of hydrogen-bond acceptors (Lipinski definition) is 3. The Hall–Kier alpha value is -0.620. The highest BCUT2D eigenvalue weighted by molar-refractivity contribution is 7.89. The van der Waals surface area contributed by atoms with Crippen LogP contribution >= 0.6 is 11.6 Å². The minimum Gasteiger partial charge on any atom is -0.377 e. The number of sulfonamides is 1. The van der Waals surface area contributed by atoms with Crippen molar-refractivity contribution in [3.05, 3.63) is 29.8 Å². The summed E-state index contributed by atoms with van der Waals surface area (Å²) in [7, 11) is -3.45. The second kappa shape index (κ2) is 6.89. The van der Waals surface area contributed by atoms with Crippen molar-refractivity contribution in [3.8, 4) is 0 Å². The molecule has 0 saturated carbocycles. The normalized spacial score (nSPS) is 19.6. The van der Waals surface area contributed by atoms with Gasteiger partial charge in [-0.2, -0.15) is 4.31 Å². The third-order valence-corrected chi connectivity index (χ3v) is 5.76. The van der Waals surface area contributed by atoms with Crippen molar-refractivity contribution in [1.82, 2.24) is 4.31 Å². The molecule has 1 fully saturated rings. The van der Waals surface area contributed by atoms with Crippen molar-refractivity contribution in [2.45, 2.75) is 36.6 Å². The maximum absolute atomic E-state index is 12.6. The summed E-state index contributed by atoms with van der Waals surface area (Å²) in [5, 5.41) is 0. The number of halogens is 1. The molecule has 0 N–H and O–H groups in total. The van der Waals surface area contributed by atoms with Gasteiger partial charge in [0.05, 0.1) is 11.0 Å². The van der Waals surface area contributed by atoms with Gasteiger partial charge < -0.3 is 4.74 Å². The molecule has 1 heterocycles. The van der Waals surface area contributed by atoms with Crippen LogP contribution in [0.25, 0.3) is 0 Å². The molecule has 2 rings (SSSR count). The van der Waals surface area contributed by atoms with E-state index in [9.17, 15) is 8.42 Å². The second-order valence-corrected chi connectivity index (χ2v) is 7.07. The quantitative estimate of drug-likeness (QED) is 0.758. The zero-order valence-corrected chi connectivity index (χ0v) is 13.2. The van der Waals surface area contributed by atoms with Gasteiger partial charge in [0.2, 0.25) is 10.0 Å². The first-order valence-electron chi connectivity index (χ1n) is 6.84. The number of benzene rings is 1. The Balaban J connectivity index is 2.16. The molecule has 0 bridgehead atoms. The topological polar surface area (TPSA) is 46.6 Å². The van der Waals surface area contributed by atoms with Crippen LogP contribution in [-0.2, 0) is 20.6 Å².